The summed E-state index contributed by atoms with van der Waals surface area (Å²) in [6.07, 6.45) is 10.8. The van der Waals surface area contributed by atoms with Crippen LogP contribution in [-0.2, 0) is 14.3 Å². The molecule has 0 saturated carbocycles. The molecular formula is C22H33NO6. The van der Waals surface area contributed by atoms with E-state index in [0.717, 1.165) is 51.4 Å². The number of benzene rings is 1. The van der Waals surface area contributed by atoms with Gasteiger partial charge < -0.3 is 9.47 Å². The molecular weight excluding hydrogens is 374 g/mol. The second kappa shape index (κ2) is 15.5. The van der Waals surface area contributed by atoms with Crippen LogP contribution in [0.5, 0.6) is 5.75 Å². The second-order valence-electron chi connectivity index (χ2n) is 7.13. The van der Waals surface area contributed by atoms with Crippen molar-refractivity contribution < 1.29 is 24.0 Å². The standard InChI is InChI=1S/C22H33NO6/c1-2-3-4-11-18-28-21(24)12-9-7-5-6-8-10-13-22(25)29-20-16-14-19(15-17-20)23(26)27/h14-17H,2-13,18H2,1H3. The SMILES string of the molecule is CCCCCCOC(=O)CCCCCCCCC(=O)Oc1ccc([N+](=O)[O-])cc1. The van der Waals surface area contributed by atoms with Crippen LogP contribution in [0.2, 0.25) is 0 Å². The zero-order chi connectivity index (χ0) is 21.3. The maximum atomic E-state index is 11.8. The molecule has 0 aliphatic carbocycles. The lowest BCUT2D eigenvalue weighted by Crippen LogP contribution is -2.07. The van der Waals surface area contributed by atoms with Gasteiger partial charge in [-0.25, -0.2) is 0 Å². The summed E-state index contributed by atoms with van der Waals surface area (Å²) >= 11 is 0. The largest absolute Gasteiger partial charge is 0.466 e. The van der Waals surface area contributed by atoms with Gasteiger partial charge in [0, 0.05) is 25.0 Å². The van der Waals surface area contributed by atoms with E-state index in [1.807, 2.05) is 0 Å². The van der Waals surface area contributed by atoms with E-state index >= 15 is 0 Å². The molecule has 162 valence electrons. The van der Waals surface area contributed by atoms with Crippen LogP contribution in [0.15, 0.2) is 24.3 Å². The maximum Gasteiger partial charge on any atom is 0.311 e. The van der Waals surface area contributed by atoms with Crippen LogP contribution in [0, 0.1) is 10.1 Å². The molecule has 0 amide bonds. The van der Waals surface area contributed by atoms with Crippen molar-refractivity contribution in [1.29, 1.82) is 0 Å². The highest BCUT2D eigenvalue weighted by Crippen LogP contribution is 2.18. The minimum atomic E-state index is -0.497. The topological polar surface area (TPSA) is 95.7 Å². The average molecular weight is 408 g/mol. The van der Waals surface area contributed by atoms with E-state index < -0.39 is 4.92 Å². The Morgan fingerprint density at radius 2 is 1.38 bits per heavy atom. The molecule has 7 heteroatoms. The van der Waals surface area contributed by atoms with Crippen molar-refractivity contribution in [3.8, 4) is 5.75 Å². The molecule has 0 aliphatic rings. The highest BCUT2D eigenvalue weighted by molar-refractivity contribution is 5.72. The Labute approximate surface area is 172 Å². The minimum Gasteiger partial charge on any atom is -0.466 e. The van der Waals surface area contributed by atoms with Crippen LogP contribution < -0.4 is 4.74 Å². The first kappa shape index (κ1) is 24.6. The first-order valence-corrected chi connectivity index (χ1v) is 10.6. The van der Waals surface area contributed by atoms with Crippen molar-refractivity contribution in [1.82, 2.24) is 0 Å². The van der Waals surface area contributed by atoms with Gasteiger partial charge in [-0.05, 0) is 31.4 Å². The molecule has 1 aromatic carbocycles. The molecule has 0 bridgehead atoms. The van der Waals surface area contributed by atoms with E-state index in [1.54, 1.807) is 0 Å². The summed E-state index contributed by atoms with van der Waals surface area (Å²) in [5, 5.41) is 10.6. The van der Waals surface area contributed by atoms with Gasteiger partial charge in [-0.3, -0.25) is 19.7 Å². The number of non-ortho nitro benzene ring substituents is 1. The van der Waals surface area contributed by atoms with Crippen molar-refractivity contribution >= 4 is 17.6 Å². The van der Waals surface area contributed by atoms with Gasteiger partial charge in [0.25, 0.3) is 5.69 Å². The van der Waals surface area contributed by atoms with Crippen molar-refractivity contribution in [3.05, 3.63) is 34.4 Å². The molecule has 0 spiro atoms. The normalized spacial score (nSPS) is 10.5. The molecule has 0 aliphatic heterocycles. The quantitative estimate of drug-likeness (QED) is 0.114. The Balaban J connectivity index is 1.96. The van der Waals surface area contributed by atoms with Gasteiger partial charge in [-0.15, -0.1) is 0 Å². The number of nitrogens with zero attached hydrogens (tertiary/aromatic N) is 1. The van der Waals surface area contributed by atoms with E-state index in [4.69, 9.17) is 9.47 Å². The van der Waals surface area contributed by atoms with Gasteiger partial charge in [0.15, 0.2) is 0 Å². The fourth-order valence-corrected chi connectivity index (χ4v) is 2.85. The summed E-state index contributed by atoms with van der Waals surface area (Å²) in [5.74, 6) is -0.117. The Hall–Kier alpha value is -2.44. The third-order valence-electron chi connectivity index (χ3n) is 4.55. The van der Waals surface area contributed by atoms with E-state index in [2.05, 4.69) is 6.92 Å². The number of carbonyl (C=O) groups excluding carboxylic acids is 2. The lowest BCUT2D eigenvalue weighted by atomic mass is 10.1. The molecule has 0 heterocycles. The number of rotatable bonds is 16. The summed E-state index contributed by atoms with van der Waals surface area (Å²) in [6, 6.07) is 5.47. The van der Waals surface area contributed by atoms with Crippen LogP contribution in [0.25, 0.3) is 0 Å². The summed E-state index contributed by atoms with van der Waals surface area (Å²) in [5.41, 5.74) is -0.0370. The fraction of sp³-hybridized carbons (Fsp3) is 0.636. The third-order valence-corrected chi connectivity index (χ3v) is 4.55. The van der Waals surface area contributed by atoms with Crippen molar-refractivity contribution in [2.45, 2.75) is 84.0 Å². The third kappa shape index (κ3) is 12.6. The Morgan fingerprint density at radius 3 is 1.97 bits per heavy atom. The number of hydrogen-bond donors (Lipinski definition) is 0. The first-order valence-electron chi connectivity index (χ1n) is 10.6. The smallest absolute Gasteiger partial charge is 0.311 e. The van der Waals surface area contributed by atoms with Gasteiger partial charge in [-0.2, -0.15) is 0 Å². The summed E-state index contributed by atoms with van der Waals surface area (Å²) in [4.78, 5) is 33.4. The van der Waals surface area contributed by atoms with Crippen LogP contribution >= 0.6 is 0 Å². The van der Waals surface area contributed by atoms with Gasteiger partial charge >= 0.3 is 11.9 Å². The summed E-state index contributed by atoms with van der Waals surface area (Å²) in [7, 11) is 0. The van der Waals surface area contributed by atoms with Crippen molar-refractivity contribution in [3.63, 3.8) is 0 Å². The monoisotopic (exact) mass is 407 g/mol. The molecule has 0 unspecified atom stereocenters. The van der Waals surface area contributed by atoms with E-state index in [9.17, 15) is 19.7 Å². The number of unbranched alkanes of at least 4 members (excludes halogenated alkanes) is 8. The lowest BCUT2D eigenvalue weighted by molar-refractivity contribution is -0.384. The summed E-state index contributed by atoms with van der Waals surface area (Å²) < 4.78 is 10.4. The van der Waals surface area contributed by atoms with Crippen LogP contribution in [0.3, 0.4) is 0 Å². The zero-order valence-corrected chi connectivity index (χ0v) is 17.4. The van der Waals surface area contributed by atoms with Crippen LogP contribution in [0.4, 0.5) is 5.69 Å². The number of ether oxygens (including phenoxy) is 2. The van der Waals surface area contributed by atoms with Gasteiger partial charge in [0.2, 0.25) is 0 Å². The molecule has 0 aromatic heterocycles. The highest BCUT2D eigenvalue weighted by atomic mass is 16.6. The number of hydrogen-bond acceptors (Lipinski definition) is 6. The first-order chi connectivity index (χ1) is 14.0. The molecule has 7 nitrogen and oxygen atoms in total. The zero-order valence-electron chi connectivity index (χ0n) is 17.4. The number of carbonyl (C=O) groups is 2. The Bertz CT molecular complexity index is 614. The molecule has 1 aromatic rings. The fourth-order valence-electron chi connectivity index (χ4n) is 2.85. The van der Waals surface area contributed by atoms with E-state index in [0.29, 0.717) is 25.2 Å². The molecule has 0 N–H and O–H groups in total. The number of nitro groups is 1. The average Bonchev–Trinajstić information content (AvgIpc) is 2.70. The predicted molar refractivity (Wildman–Crippen MR) is 111 cm³/mol. The Kier molecular flexibility index (Phi) is 13.1. The van der Waals surface area contributed by atoms with Crippen molar-refractivity contribution in [2.75, 3.05) is 6.61 Å². The molecule has 0 fully saturated rings. The molecule has 0 atom stereocenters. The van der Waals surface area contributed by atoms with Crippen LogP contribution in [-0.4, -0.2) is 23.5 Å². The maximum absolute atomic E-state index is 11.8. The predicted octanol–water partition coefficient (Wildman–Crippen LogP) is 5.74. The molecule has 0 saturated heterocycles. The molecule has 0 radical (unpaired) electrons. The molecule has 1 rings (SSSR count). The Morgan fingerprint density at radius 1 is 0.828 bits per heavy atom. The number of nitro benzene ring substituents is 1. The number of esters is 2. The lowest BCUT2D eigenvalue weighted by Gasteiger charge is -2.05. The molecule has 29 heavy (non-hydrogen) atoms. The highest BCUT2D eigenvalue weighted by Gasteiger charge is 2.08. The van der Waals surface area contributed by atoms with Crippen LogP contribution in [0.1, 0.15) is 84.0 Å². The van der Waals surface area contributed by atoms with Gasteiger partial charge in [0.05, 0.1) is 11.5 Å². The summed E-state index contributed by atoms with van der Waals surface area (Å²) in [6.45, 7) is 2.69. The van der Waals surface area contributed by atoms with E-state index in [-0.39, 0.29) is 17.6 Å². The van der Waals surface area contributed by atoms with Crippen molar-refractivity contribution in [2.24, 2.45) is 0 Å². The minimum absolute atomic E-state index is 0.0370. The van der Waals surface area contributed by atoms with Gasteiger partial charge in [-0.1, -0.05) is 51.9 Å². The van der Waals surface area contributed by atoms with E-state index in [1.165, 1.54) is 37.1 Å². The second-order valence-corrected chi connectivity index (χ2v) is 7.13. The van der Waals surface area contributed by atoms with Gasteiger partial charge in [0.1, 0.15) is 5.75 Å².